The van der Waals surface area contributed by atoms with Gasteiger partial charge in [0.15, 0.2) is 13.7 Å². The minimum atomic E-state index is -5.90. The lowest BCUT2D eigenvalue weighted by Gasteiger charge is -2.27. The Balaban J connectivity index is 4.66. The van der Waals surface area contributed by atoms with E-state index in [4.69, 9.17) is 0 Å². The van der Waals surface area contributed by atoms with Crippen LogP contribution in [-0.4, -0.2) is 32.2 Å². The molecule has 0 aromatic carbocycles. The molecular formula is C5H4F8O3. The Hall–Kier alpha value is -0.680. The van der Waals surface area contributed by atoms with Crippen LogP contribution in [0.15, 0.2) is 0 Å². The summed E-state index contributed by atoms with van der Waals surface area (Å²) < 4.78 is 103. The zero-order valence-electron chi connectivity index (χ0n) is 7.16. The van der Waals surface area contributed by atoms with Gasteiger partial charge in [-0.3, -0.25) is 9.47 Å². The van der Waals surface area contributed by atoms with E-state index in [1.54, 1.807) is 0 Å². The van der Waals surface area contributed by atoms with E-state index in [-0.39, 0.29) is 0 Å². The molecule has 0 bridgehead atoms. The van der Waals surface area contributed by atoms with E-state index in [1.807, 2.05) is 0 Å². The van der Waals surface area contributed by atoms with Gasteiger partial charge >= 0.3 is 18.5 Å². The Morgan fingerprint density at radius 2 is 1.12 bits per heavy atom. The Labute approximate surface area is 82.9 Å². The fourth-order valence-electron chi connectivity index (χ4n) is 0.454. The number of hydrogen-bond acceptors (Lipinski definition) is 3. The van der Waals surface area contributed by atoms with Gasteiger partial charge in [-0.15, -0.1) is 8.78 Å². The maximum absolute atomic E-state index is 12.3. The van der Waals surface area contributed by atoms with Crippen molar-refractivity contribution >= 4 is 0 Å². The van der Waals surface area contributed by atoms with Crippen LogP contribution < -0.4 is 0 Å². The molecule has 0 fully saturated rings. The molecule has 11 heteroatoms. The molecule has 0 aliphatic rings. The maximum Gasteiger partial charge on any atom is 0.492 e. The van der Waals surface area contributed by atoms with Gasteiger partial charge < -0.3 is 0 Å². The number of ether oxygens (including phenoxy) is 3. The van der Waals surface area contributed by atoms with Gasteiger partial charge in [-0.05, 0) is 0 Å². The Kier molecular flexibility index (Phi) is 4.88. The molecule has 0 atom stereocenters. The Morgan fingerprint density at radius 3 is 1.50 bits per heavy atom. The van der Waals surface area contributed by atoms with Crippen molar-refractivity contribution in [3.05, 3.63) is 0 Å². The van der Waals surface area contributed by atoms with Gasteiger partial charge in [0.25, 0.3) is 0 Å². The number of hydrogen-bond donors (Lipinski definition) is 0. The quantitative estimate of drug-likeness (QED) is 0.522. The summed E-state index contributed by atoms with van der Waals surface area (Å²) >= 11 is 0. The summed E-state index contributed by atoms with van der Waals surface area (Å²) in [6.45, 7) is -4.64. The van der Waals surface area contributed by atoms with Gasteiger partial charge in [0.05, 0.1) is 0 Å². The van der Waals surface area contributed by atoms with Gasteiger partial charge in [0.2, 0.25) is 0 Å². The van der Waals surface area contributed by atoms with Crippen molar-refractivity contribution in [1.29, 1.82) is 0 Å². The molecular weight excluding hydrogens is 260 g/mol. The van der Waals surface area contributed by atoms with Crippen molar-refractivity contribution in [3.8, 4) is 0 Å². The molecule has 0 amide bonds. The van der Waals surface area contributed by atoms with Crippen LogP contribution in [-0.2, 0) is 14.2 Å². The van der Waals surface area contributed by atoms with Crippen LogP contribution in [0.25, 0.3) is 0 Å². The van der Waals surface area contributed by atoms with Gasteiger partial charge in [-0.25, -0.2) is 13.5 Å². The molecule has 0 saturated heterocycles. The lowest BCUT2D eigenvalue weighted by Crippen LogP contribution is -2.49. The highest BCUT2D eigenvalue weighted by Gasteiger charge is 2.65. The van der Waals surface area contributed by atoms with E-state index in [0.717, 1.165) is 0 Å². The van der Waals surface area contributed by atoms with Crippen LogP contribution in [0, 0.1) is 0 Å². The average Bonchev–Trinajstić information content (AvgIpc) is 2.00. The molecule has 0 aliphatic heterocycles. The second kappa shape index (κ2) is 5.10. The largest absolute Gasteiger partial charge is 0.492 e. The van der Waals surface area contributed by atoms with Crippen molar-refractivity contribution in [1.82, 2.24) is 0 Å². The van der Waals surface area contributed by atoms with E-state index < -0.39 is 32.2 Å². The standard InChI is InChI=1S/C5H4F8O3/c6-1-14-3(8,9)4(10,11)16-5(12,13)15-2-7/h1-2H2. The minimum absolute atomic E-state index is 2.21. The molecule has 0 N–H and O–H groups in total. The van der Waals surface area contributed by atoms with Crippen LogP contribution in [0.1, 0.15) is 0 Å². The van der Waals surface area contributed by atoms with Crippen molar-refractivity contribution in [2.24, 2.45) is 0 Å². The topological polar surface area (TPSA) is 27.7 Å². The highest BCUT2D eigenvalue weighted by atomic mass is 19.3. The first-order valence-corrected chi connectivity index (χ1v) is 3.31. The second-order valence-electron chi connectivity index (χ2n) is 2.11. The summed E-state index contributed by atoms with van der Waals surface area (Å²) in [7, 11) is 0. The average molecular weight is 264 g/mol. The number of rotatable bonds is 7. The van der Waals surface area contributed by atoms with Crippen LogP contribution in [0.3, 0.4) is 0 Å². The van der Waals surface area contributed by atoms with Crippen LogP contribution in [0.4, 0.5) is 35.1 Å². The first kappa shape index (κ1) is 15.3. The highest BCUT2D eigenvalue weighted by Crippen LogP contribution is 2.40. The molecule has 0 aromatic rings. The van der Waals surface area contributed by atoms with Crippen LogP contribution >= 0.6 is 0 Å². The third-order valence-corrected chi connectivity index (χ3v) is 1.04. The molecule has 0 rings (SSSR count). The first-order valence-electron chi connectivity index (χ1n) is 3.31. The SMILES string of the molecule is FCOC(F)(F)OC(F)(F)C(F)(F)OCF. The molecule has 0 unspecified atom stereocenters. The zero-order valence-corrected chi connectivity index (χ0v) is 7.16. The molecule has 3 nitrogen and oxygen atoms in total. The number of alkyl halides is 8. The fraction of sp³-hybridized carbons (Fsp3) is 1.00. The Morgan fingerprint density at radius 1 is 0.688 bits per heavy atom. The number of halogens is 8. The fourth-order valence-corrected chi connectivity index (χ4v) is 0.454. The Bertz CT molecular complexity index is 220. The second-order valence-corrected chi connectivity index (χ2v) is 2.11. The smallest absolute Gasteiger partial charge is 0.281 e. The van der Waals surface area contributed by atoms with Crippen LogP contribution in [0.5, 0.6) is 0 Å². The first-order chi connectivity index (χ1) is 7.08. The van der Waals surface area contributed by atoms with Gasteiger partial charge in [0, 0.05) is 0 Å². The van der Waals surface area contributed by atoms with E-state index in [9.17, 15) is 35.1 Å². The molecule has 98 valence electrons. The van der Waals surface area contributed by atoms with Crippen molar-refractivity contribution < 1.29 is 49.3 Å². The summed E-state index contributed by atoms with van der Waals surface area (Å²) in [4.78, 5) is 0. The molecule has 0 aliphatic carbocycles. The van der Waals surface area contributed by atoms with Gasteiger partial charge in [-0.2, -0.15) is 17.6 Å². The minimum Gasteiger partial charge on any atom is -0.281 e. The predicted octanol–water partition coefficient (Wildman–Crippen LogP) is 2.63. The molecule has 0 radical (unpaired) electrons. The van der Waals surface area contributed by atoms with E-state index >= 15 is 0 Å². The lowest BCUT2D eigenvalue weighted by molar-refractivity contribution is -0.530. The predicted molar refractivity (Wildman–Crippen MR) is 30.0 cm³/mol. The van der Waals surface area contributed by atoms with E-state index in [0.29, 0.717) is 0 Å². The van der Waals surface area contributed by atoms with Gasteiger partial charge in [0.1, 0.15) is 0 Å². The molecule has 0 spiro atoms. The third-order valence-electron chi connectivity index (χ3n) is 1.04. The summed E-state index contributed by atoms with van der Waals surface area (Å²) in [5.74, 6) is 0. The normalized spacial score (nSPS) is 14.2. The molecule has 16 heavy (non-hydrogen) atoms. The van der Waals surface area contributed by atoms with Crippen LogP contribution in [0.2, 0.25) is 0 Å². The maximum atomic E-state index is 12.3. The zero-order chi connectivity index (χ0) is 13.0. The third kappa shape index (κ3) is 4.06. The molecule has 0 aromatic heterocycles. The van der Waals surface area contributed by atoms with Crippen molar-refractivity contribution in [2.75, 3.05) is 13.7 Å². The molecule has 0 heterocycles. The van der Waals surface area contributed by atoms with E-state index in [1.165, 1.54) is 0 Å². The monoisotopic (exact) mass is 264 g/mol. The highest BCUT2D eigenvalue weighted by molar-refractivity contribution is 4.66. The van der Waals surface area contributed by atoms with Crippen molar-refractivity contribution in [2.45, 2.75) is 18.5 Å². The van der Waals surface area contributed by atoms with E-state index in [2.05, 4.69) is 14.2 Å². The lowest BCUT2D eigenvalue weighted by atomic mass is 10.6. The summed E-state index contributed by atoms with van der Waals surface area (Å²) in [5.41, 5.74) is 0. The summed E-state index contributed by atoms with van der Waals surface area (Å²) in [5, 5.41) is 0. The summed E-state index contributed by atoms with van der Waals surface area (Å²) in [6, 6.07) is 0. The van der Waals surface area contributed by atoms with Gasteiger partial charge in [-0.1, -0.05) is 0 Å². The molecule has 0 saturated carbocycles. The van der Waals surface area contributed by atoms with Crippen molar-refractivity contribution in [3.63, 3.8) is 0 Å². The summed E-state index contributed by atoms with van der Waals surface area (Å²) in [6.07, 6.45) is -16.9.